The summed E-state index contributed by atoms with van der Waals surface area (Å²) in [5.41, 5.74) is -4.64. The van der Waals surface area contributed by atoms with Gasteiger partial charge in [0.15, 0.2) is 5.78 Å². The molecule has 4 aliphatic rings. The van der Waals surface area contributed by atoms with Crippen molar-refractivity contribution in [3.05, 3.63) is 23.3 Å². The summed E-state index contributed by atoms with van der Waals surface area (Å²) in [4.78, 5) is 27.4. The number of fused-ring (bicyclic) bond motifs is 3. The number of aliphatic hydroxyl groups is 4. The second-order valence-corrected chi connectivity index (χ2v) is 12.7. The highest BCUT2D eigenvalue weighted by Gasteiger charge is 2.83. The molecule has 4 N–H and O–H groups in total. The van der Waals surface area contributed by atoms with Crippen molar-refractivity contribution in [2.45, 2.75) is 116 Å². The molecule has 2 bridgehead atoms. The van der Waals surface area contributed by atoms with Crippen LogP contribution in [0.3, 0.4) is 0 Å². The average Bonchev–Trinajstić information content (AvgIpc) is 3.26. The molecule has 0 aromatic rings. The van der Waals surface area contributed by atoms with E-state index in [2.05, 4.69) is 6.92 Å². The smallest absolute Gasteiger partial charge is 0.306 e. The molecule has 0 radical (unpaired) electrons. The standard InChI is InChI=1S/C30H46O7/c1-6-7-8-9-10-11-12-13-22(32)37-29-16-19(3)28-15-18(2)24(33)30(28,36)25(34)20(17-31)14-21(26(28)35)23(29)27(29,4)5/h14-15,19,21,23-25,31,33-34,36H,6-13,16-17H2,1-5H3/t19-,21+,23-,24+,25-,28+,29+,30-/m1/s1. The van der Waals surface area contributed by atoms with Crippen molar-refractivity contribution in [1.82, 2.24) is 0 Å². The maximum absolute atomic E-state index is 14.3. The molecule has 0 heterocycles. The van der Waals surface area contributed by atoms with Crippen molar-refractivity contribution in [2.24, 2.45) is 28.6 Å². The van der Waals surface area contributed by atoms with Crippen molar-refractivity contribution < 1.29 is 34.8 Å². The Morgan fingerprint density at radius 1 is 1.08 bits per heavy atom. The molecule has 0 aliphatic heterocycles. The van der Waals surface area contributed by atoms with Gasteiger partial charge < -0.3 is 25.2 Å². The molecule has 2 saturated carbocycles. The van der Waals surface area contributed by atoms with Crippen molar-refractivity contribution in [3.8, 4) is 0 Å². The van der Waals surface area contributed by atoms with E-state index in [1.807, 2.05) is 20.8 Å². The average molecular weight is 519 g/mol. The Balaban J connectivity index is 1.63. The van der Waals surface area contributed by atoms with Crippen molar-refractivity contribution >= 4 is 11.8 Å². The van der Waals surface area contributed by atoms with Crippen LogP contribution in [0.2, 0.25) is 0 Å². The molecule has 4 rings (SSSR count). The van der Waals surface area contributed by atoms with Crippen LogP contribution in [-0.2, 0) is 14.3 Å². The maximum Gasteiger partial charge on any atom is 0.306 e. The van der Waals surface area contributed by atoms with Crippen LogP contribution in [0.25, 0.3) is 0 Å². The largest absolute Gasteiger partial charge is 0.458 e. The summed E-state index contributed by atoms with van der Waals surface area (Å²) in [6.45, 7) is 9.11. The summed E-state index contributed by atoms with van der Waals surface area (Å²) >= 11 is 0. The van der Waals surface area contributed by atoms with Gasteiger partial charge in [-0.15, -0.1) is 0 Å². The number of ketones is 1. The number of carbonyl (C=O) groups excluding carboxylic acids is 2. The van der Waals surface area contributed by atoms with E-state index in [-0.39, 0.29) is 23.2 Å². The maximum atomic E-state index is 14.3. The Bertz CT molecular complexity index is 982. The van der Waals surface area contributed by atoms with Crippen LogP contribution >= 0.6 is 0 Å². The van der Waals surface area contributed by atoms with Gasteiger partial charge in [0.25, 0.3) is 0 Å². The number of rotatable bonds is 10. The van der Waals surface area contributed by atoms with Crippen molar-refractivity contribution in [1.29, 1.82) is 0 Å². The normalized spacial score (nSPS) is 41.6. The van der Waals surface area contributed by atoms with Crippen LogP contribution in [0.1, 0.15) is 92.4 Å². The Morgan fingerprint density at radius 2 is 1.70 bits per heavy atom. The number of carbonyl (C=O) groups is 2. The van der Waals surface area contributed by atoms with Crippen LogP contribution in [0, 0.1) is 28.6 Å². The lowest BCUT2D eigenvalue weighted by molar-refractivity contribution is -0.191. The summed E-state index contributed by atoms with van der Waals surface area (Å²) in [6, 6.07) is 0. The fourth-order valence-corrected chi connectivity index (χ4v) is 8.21. The van der Waals surface area contributed by atoms with E-state index in [0.717, 1.165) is 19.3 Å². The van der Waals surface area contributed by atoms with Gasteiger partial charge in [-0.05, 0) is 36.8 Å². The Labute approximate surface area is 221 Å². The molecule has 2 fully saturated rings. The number of esters is 1. The third kappa shape index (κ3) is 3.90. The molecule has 0 amide bonds. The second-order valence-electron chi connectivity index (χ2n) is 12.7. The molecular weight excluding hydrogens is 472 g/mol. The Kier molecular flexibility index (Phi) is 7.61. The quantitative estimate of drug-likeness (QED) is 0.198. The molecular formula is C30H46O7. The number of allylic oxidation sites excluding steroid dienone is 1. The SMILES string of the molecule is CCCCCCCCCC(=O)O[C@@]12C[C@@H](C)[C@]34C=C(C)[C@H](O)[C@@]3(O)[C@H](O)C(CO)=C[C@H](C4=O)[C@@H]1C2(C)C. The summed E-state index contributed by atoms with van der Waals surface area (Å²) in [5, 5.41) is 44.4. The minimum absolute atomic E-state index is 0.116. The summed E-state index contributed by atoms with van der Waals surface area (Å²) in [7, 11) is 0. The Hall–Kier alpha value is -1.54. The van der Waals surface area contributed by atoms with Gasteiger partial charge in [0.2, 0.25) is 0 Å². The molecule has 0 saturated heterocycles. The van der Waals surface area contributed by atoms with Crippen LogP contribution in [-0.4, -0.2) is 62.2 Å². The van der Waals surface area contributed by atoms with E-state index in [9.17, 15) is 30.0 Å². The molecule has 208 valence electrons. The molecule has 7 nitrogen and oxygen atoms in total. The third-order valence-electron chi connectivity index (χ3n) is 10.3. The van der Waals surface area contributed by atoms with Crippen molar-refractivity contribution in [3.63, 3.8) is 0 Å². The first-order valence-corrected chi connectivity index (χ1v) is 14.2. The molecule has 0 unspecified atom stereocenters. The lowest BCUT2D eigenvalue weighted by Crippen LogP contribution is -2.65. The highest BCUT2D eigenvalue weighted by molar-refractivity contribution is 5.95. The van der Waals surface area contributed by atoms with Gasteiger partial charge in [0.1, 0.15) is 23.4 Å². The van der Waals surface area contributed by atoms with Crippen LogP contribution in [0.5, 0.6) is 0 Å². The lowest BCUT2D eigenvalue weighted by atomic mass is 9.59. The number of aliphatic hydroxyl groups excluding tert-OH is 3. The summed E-state index contributed by atoms with van der Waals surface area (Å²) in [5.74, 6) is -2.21. The van der Waals surface area contributed by atoms with E-state index in [1.54, 1.807) is 19.1 Å². The van der Waals surface area contributed by atoms with Gasteiger partial charge in [-0.2, -0.15) is 0 Å². The number of Topliss-reactive ketones (excluding diaryl/α,β-unsaturated/α-hetero) is 1. The zero-order valence-corrected chi connectivity index (χ0v) is 23.1. The zero-order valence-electron chi connectivity index (χ0n) is 23.1. The molecule has 1 spiro atoms. The highest BCUT2D eigenvalue weighted by atomic mass is 16.6. The predicted molar refractivity (Wildman–Crippen MR) is 139 cm³/mol. The van der Waals surface area contributed by atoms with Gasteiger partial charge in [-0.1, -0.05) is 78.4 Å². The first-order chi connectivity index (χ1) is 17.4. The topological polar surface area (TPSA) is 124 Å². The highest BCUT2D eigenvalue weighted by Crippen LogP contribution is 2.75. The number of hydrogen-bond acceptors (Lipinski definition) is 7. The molecule has 37 heavy (non-hydrogen) atoms. The van der Waals surface area contributed by atoms with Gasteiger partial charge in [0.05, 0.1) is 12.0 Å². The summed E-state index contributed by atoms with van der Waals surface area (Å²) < 4.78 is 6.28. The number of hydrogen-bond donors (Lipinski definition) is 4. The van der Waals surface area contributed by atoms with Gasteiger partial charge in [-0.25, -0.2) is 0 Å². The minimum Gasteiger partial charge on any atom is -0.458 e. The second kappa shape index (κ2) is 9.89. The Morgan fingerprint density at radius 3 is 2.32 bits per heavy atom. The van der Waals surface area contributed by atoms with Crippen LogP contribution in [0.4, 0.5) is 0 Å². The van der Waals surface area contributed by atoms with Crippen molar-refractivity contribution in [2.75, 3.05) is 6.61 Å². The molecule has 0 aromatic heterocycles. The lowest BCUT2D eigenvalue weighted by Gasteiger charge is -2.48. The fourth-order valence-electron chi connectivity index (χ4n) is 8.21. The number of unbranched alkanes of at least 4 members (excludes halogenated alkanes) is 6. The van der Waals surface area contributed by atoms with Crippen LogP contribution in [0.15, 0.2) is 23.3 Å². The molecule has 4 aliphatic carbocycles. The minimum atomic E-state index is -2.21. The van der Waals surface area contributed by atoms with E-state index in [0.29, 0.717) is 18.4 Å². The molecule has 7 heteroatoms. The van der Waals surface area contributed by atoms with E-state index >= 15 is 0 Å². The first-order valence-electron chi connectivity index (χ1n) is 14.2. The third-order valence-corrected chi connectivity index (χ3v) is 10.3. The monoisotopic (exact) mass is 518 g/mol. The van der Waals surface area contributed by atoms with E-state index in [1.165, 1.54) is 25.7 Å². The van der Waals surface area contributed by atoms with Gasteiger partial charge >= 0.3 is 5.97 Å². The first kappa shape index (κ1) is 28.5. The van der Waals surface area contributed by atoms with Crippen LogP contribution < -0.4 is 0 Å². The summed E-state index contributed by atoms with van der Waals surface area (Å²) in [6.07, 6.45) is 8.49. The zero-order chi connectivity index (χ0) is 27.4. The van der Waals surface area contributed by atoms with Gasteiger partial charge in [-0.3, -0.25) is 9.59 Å². The number of ether oxygens (including phenoxy) is 1. The molecule has 0 aromatic carbocycles. The fraction of sp³-hybridized carbons (Fsp3) is 0.800. The van der Waals surface area contributed by atoms with E-state index in [4.69, 9.17) is 4.74 Å². The van der Waals surface area contributed by atoms with E-state index < -0.39 is 52.7 Å². The molecule has 8 atom stereocenters. The van der Waals surface area contributed by atoms with Gasteiger partial charge in [0, 0.05) is 23.7 Å². The predicted octanol–water partition coefficient (Wildman–Crippen LogP) is 3.62.